The second kappa shape index (κ2) is 4.09. The molecule has 0 saturated heterocycles. The van der Waals surface area contributed by atoms with Crippen LogP contribution in [0, 0.1) is 6.92 Å². The minimum Gasteiger partial charge on any atom is -0.376 e. The van der Waals surface area contributed by atoms with Crippen molar-refractivity contribution < 1.29 is 13.2 Å². The fourth-order valence-corrected chi connectivity index (χ4v) is 1.09. The first kappa shape index (κ1) is 11.2. The monoisotopic (exact) mass is 223 g/mol. The van der Waals surface area contributed by atoms with Gasteiger partial charge in [-0.15, -0.1) is 0 Å². The zero-order chi connectivity index (χ0) is 10.8. The molecule has 0 heterocycles. The van der Waals surface area contributed by atoms with E-state index in [0.29, 0.717) is 10.7 Å². The topological polar surface area (TPSA) is 12.0 Å². The molecule has 0 spiro atoms. The Labute approximate surface area is 84.9 Å². The number of aryl methyl sites for hydroxylation is 1. The highest BCUT2D eigenvalue weighted by molar-refractivity contribution is 6.31. The van der Waals surface area contributed by atoms with Crippen molar-refractivity contribution in [3.8, 4) is 0 Å². The van der Waals surface area contributed by atoms with E-state index in [-0.39, 0.29) is 0 Å². The van der Waals surface area contributed by atoms with Crippen LogP contribution in [0.15, 0.2) is 18.2 Å². The van der Waals surface area contributed by atoms with E-state index in [2.05, 4.69) is 5.32 Å². The standard InChI is InChI=1S/C9H9ClF3N/c1-6-2-3-7(4-8(6)10)14-5-9(11,12)13/h2-4,14H,5H2,1H3. The Morgan fingerprint density at radius 3 is 2.50 bits per heavy atom. The van der Waals surface area contributed by atoms with Crippen LogP contribution in [-0.4, -0.2) is 12.7 Å². The maximum absolute atomic E-state index is 11.8. The Bertz CT molecular complexity index is 322. The molecule has 1 nitrogen and oxygen atoms in total. The fourth-order valence-electron chi connectivity index (χ4n) is 0.905. The Balaban J connectivity index is 2.65. The van der Waals surface area contributed by atoms with Crippen LogP contribution in [0.5, 0.6) is 0 Å². The van der Waals surface area contributed by atoms with Gasteiger partial charge in [0.25, 0.3) is 0 Å². The van der Waals surface area contributed by atoms with Gasteiger partial charge in [0.05, 0.1) is 0 Å². The van der Waals surface area contributed by atoms with Crippen LogP contribution in [0.2, 0.25) is 5.02 Å². The number of rotatable bonds is 2. The van der Waals surface area contributed by atoms with E-state index in [4.69, 9.17) is 11.6 Å². The van der Waals surface area contributed by atoms with Gasteiger partial charge in [0.1, 0.15) is 6.54 Å². The van der Waals surface area contributed by atoms with Gasteiger partial charge in [0.2, 0.25) is 0 Å². The summed E-state index contributed by atoms with van der Waals surface area (Å²) in [5.41, 5.74) is 1.21. The number of alkyl halides is 3. The number of benzene rings is 1. The first-order valence-electron chi connectivity index (χ1n) is 3.95. The first-order chi connectivity index (χ1) is 6.38. The summed E-state index contributed by atoms with van der Waals surface area (Å²) in [5, 5.41) is 2.70. The number of anilines is 1. The van der Waals surface area contributed by atoms with E-state index in [0.717, 1.165) is 5.56 Å². The zero-order valence-corrected chi connectivity index (χ0v) is 8.21. The van der Waals surface area contributed by atoms with Crippen molar-refractivity contribution in [1.29, 1.82) is 0 Å². The van der Waals surface area contributed by atoms with Gasteiger partial charge < -0.3 is 5.32 Å². The predicted octanol–water partition coefficient (Wildman–Crippen LogP) is 3.62. The Morgan fingerprint density at radius 1 is 1.36 bits per heavy atom. The van der Waals surface area contributed by atoms with E-state index in [1.165, 1.54) is 6.07 Å². The van der Waals surface area contributed by atoms with Crippen molar-refractivity contribution in [2.45, 2.75) is 13.1 Å². The summed E-state index contributed by atoms with van der Waals surface area (Å²) in [6.07, 6.45) is -4.21. The van der Waals surface area contributed by atoms with Gasteiger partial charge in [-0.25, -0.2) is 0 Å². The summed E-state index contributed by atoms with van der Waals surface area (Å²) in [7, 11) is 0. The summed E-state index contributed by atoms with van der Waals surface area (Å²) < 4.78 is 35.5. The minimum absolute atomic E-state index is 0.373. The van der Waals surface area contributed by atoms with Crippen LogP contribution in [0.25, 0.3) is 0 Å². The summed E-state index contributed by atoms with van der Waals surface area (Å²) in [4.78, 5) is 0. The molecule has 78 valence electrons. The van der Waals surface area contributed by atoms with E-state index >= 15 is 0 Å². The molecule has 1 rings (SSSR count). The lowest BCUT2D eigenvalue weighted by molar-refractivity contribution is -0.115. The summed E-state index contributed by atoms with van der Waals surface area (Å²) >= 11 is 5.74. The first-order valence-corrected chi connectivity index (χ1v) is 4.33. The van der Waals surface area contributed by atoms with Gasteiger partial charge >= 0.3 is 6.18 Å². The molecule has 0 amide bonds. The normalized spacial score (nSPS) is 11.5. The molecule has 0 saturated carbocycles. The number of hydrogen-bond acceptors (Lipinski definition) is 1. The zero-order valence-electron chi connectivity index (χ0n) is 7.45. The largest absolute Gasteiger partial charge is 0.405 e. The van der Waals surface area contributed by atoms with Gasteiger partial charge in [-0.3, -0.25) is 0 Å². The molecule has 0 aliphatic rings. The highest BCUT2D eigenvalue weighted by Gasteiger charge is 2.26. The smallest absolute Gasteiger partial charge is 0.376 e. The van der Waals surface area contributed by atoms with E-state index < -0.39 is 12.7 Å². The lowest BCUT2D eigenvalue weighted by atomic mass is 10.2. The Hall–Kier alpha value is -0.900. The quantitative estimate of drug-likeness (QED) is 0.808. The molecule has 14 heavy (non-hydrogen) atoms. The van der Waals surface area contributed by atoms with E-state index in [1.54, 1.807) is 19.1 Å². The Kier molecular flexibility index (Phi) is 3.26. The van der Waals surface area contributed by atoms with Gasteiger partial charge in [0.15, 0.2) is 0 Å². The van der Waals surface area contributed by atoms with Crippen LogP contribution < -0.4 is 5.32 Å². The third kappa shape index (κ3) is 3.46. The molecule has 0 aromatic heterocycles. The molecule has 0 unspecified atom stereocenters. The predicted molar refractivity (Wildman–Crippen MR) is 50.7 cm³/mol. The maximum Gasteiger partial charge on any atom is 0.405 e. The van der Waals surface area contributed by atoms with Crippen LogP contribution >= 0.6 is 11.6 Å². The van der Waals surface area contributed by atoms with Gasteiger partial charge in [-0.2, -0.15) is 13.2 Å². The van der Waals surface area contributed by atoms with Crippen molar-refractivity contribution in [3.05, 3.63) is 28.8 Å². The summed E-state index contributed by atoms with van der Waals surface area (Å²) in [5.74, 6) is 0. The molecule has 0 radical (unpaired) electrons. The van der Waals surface area contributed by atoms with Crippen LogP contribution in [0.1, 0.15) is 5.56 Å². The molecule has 1 aromatic rings. The molecule has 0 aliphatic heterocycles. The van der Waals surface area contributed by atoms with E-state index in [1.807, 2.05) is 0 Å². The lowest BCUT2D eigenvalue weighted by Gasteiger charge is -2.10. The number of nitrogens with one attached hydrogen (secondary N) is 1. The molecule has 0 bridgehead atoms. The third-order valence-electron chi connectivity index (χ3n) is 1.66. The summed E-state index contributed by atoms with van der Waals surface area (Å²) in [6, 6.07) is 4.70. The van der Waals surface area contributed by atoms with Crippen LogP contribution in [0.3, 0.4) is 0 Å². The molecule has 0 aliphatic carbocycles. The SMILES string of the molecule is Cc1ccc(NCC(F)(F)F)cc1Cl. The van der Waals surface area contributed by atoms with Crippen molar-refractivity contribution >= 4 is 17.3 Å². The van der Waals surface area contributed by atoms with Crippen molar-refractivity contribution in [2.24, 2.45) is 0 Å². The molecular formula is C9H9ClF3N. The maximum atomic E-state index is 11.8. The molecule has 0 fully saturated rings. The second-order valence-corrected chi connectivity index (χ2v) is 3.34. The highest BCUT2D eigenvalue weighted by Crippen LogP contribution is 2.21. The molecule has 1 aromatic carbocycles. The lowest BCUT2D eigenvalue weighted by Crippen LogP contribution is -2.21. The number of hydrogen-bond donors (Lipinski definition) is 1. The minimum atomic E-state index is -4.21. The number of halogens is 4. The molecule has 0 atom stereocenters. The van der Waals surface area contributed by atoms with Gasteiger partial charge in [0, 0.05) is 10.7 Å². The average Bonchev–Trinajstić information content (AvgIpc) is 2.06. The van der Waals surface area contributed by atoms with Gasteiger partial charge in [-0.05, 0) is 24.6 Å². The van der Waals surface area contributed by atoms with Crippen molar-refractivity contribution in [3.63, 3.8) is 0 Å². The van der Waals surface area contributed by atoms with E-state index in [9.17, 15) is 13.2 Å². The molecule has 5 heteroatoms. The molecular weight excluding hydrogens is 215 g/mol. The van der Waals surface area contributed by atoms with Crippen molar-refractivity contribution in [2.75, 3.05) is 11.9 Å². The van der Waals surface area contributed by atoms with Crippen LogP contribution in [-0.2, 0) is 0 Å². The van der Waals surface area contributed by atoms with Crippen LogP contribution in [0.4, 0.5) is 18.9 Å². The third-order valence-corrected chi connectivity index (χ3v) is 2.07. The Morgan fingerprint density at radius 2 is 2.00 bits per heavy atom. The average molecular weight is 224 g/mol. The van der Waals surface area contributed by atoms with Gasteiger partial charge in [-0.1, -0.05) is 17.7 Å². The summed E-state index contributed by atoms with van der Waals surface area (Å²) in [6.45, 7) is 0.738. The fraction of sp³-hybridized carbons (Fsp3) is 0.333. The molecule has 1 N–H and O–H groups in total. The highest BCUT2D eigenvalue weighted by atomic mass is 35.5. The second-order valence-electron chi connectivity index (χ2n) is 2.93. The van der Waals surface area contributed by atoms with Crippen molar-refractivity contribution in [1.82, 2.24) is 0 Å².